The van der Waals surface area contributed by atoms with Gasteiger partial charge in [-0.15, -0.1) is 0 Å². The molecule has 4 fully saturated rings. The van der Waals surface area contributed by atoms with Gasteiger partial charge in [0.2, 0.25) is 0 Å². The minimum atomic E-state index is -1.57. The van der Waals surface area contributed by atoms with Crippen LogP contribution in [0.2, 0.25) is 0 Å². The molecule has 0 aromatic carbocycles. The maximum Gasteiger partial charge on any atom is 0.332 e. The predicted octanol–water partition coefficient (Wildman–Crippen LogP) is 3.41. The standard InChI is InChI=1S/C23H36O5/c1-22-9-7-14(24)11-13(22)3-4-15-16-5-6-18(19(25)12-20(26)21(27)28)23(16,2)10-8-17(15)22/h13-18,20,24,26H,3-12H2,1-2H3,(H,27,28)/t13-,14-,15-,16-,17-,18+,20?,22-,23-/m0/s1. The van der Waals surface area contributed by atoms with Crippen molar-refractivity contribution in [1.82, 2.24) is 0 Å². The van der Waals surface area contributed by atoms with Crippen molar-refractivity contribution in [3.05, 3.63) is 0 Å². The first-order valence-electron chi connectivity index (χ1n) is 11.3. The molecule has 0 saturated heterocycles. The quantitative estimate of drug-likeness (QED) is 0.681. The highest BCUT2D eigenvalue weighted by Crippen LogP contribution is 2.67. The van der Waals surface area contributed by atoms with Gasteiger partial charge in [-0.2, -0.15) is 0 Å². The molecule has 4 saturated carbocycles. The molecule has 0 amide bonds. The van der Waals surface area contributed by atoms with Crippen molar-refractivity contribution in [2.24, 2.45) is 40.4 Å². The van der Waals surface area contributed by atoms with Crippen molar-refractivity contribution in [2.75, 3.05) is 0 Å². The summed E-state index contributed by atoms with van der Waals surface area (Å²) in [5.74, 6) is 1.04. The van der Waals surface area contributed by atoms with Crippen LogP contribution in [0.15, 0.2) is 0 Å². The summed E-state index contributed by atoms with van der Waals surface area (Å²) in [5, 5.41) is 28.8. The van der Waals surface area contributed by atoms with Gasteiger partial charge >= 0.3 is 5.97 Å². The number of aliphatic hydroxyl groups excluding tert-OH is 2. The number of fused-ring (bicyclic) bond motifs is 5. The Hall–Kier alpha value is -0.940. The first-order chi connectivity index (χ1) is 13.2. The highest BCUT2D eigenvalue weighted by molar-refractivity contribution is 5.87. The zero-order valence-electron chi connectivity index (χ0n) is 17.3. The summed E-state index contributed by atoms with van der Waals surface area (Å²) in [4.78, 5) is 23.8. The van der Waals surface area contributed by atoms with Gasteiger partial charge in [-0.3, -0.25) is 4.79 Å². The van der Waals surface area contributed by atoms with Gasteiger partial charge in [0.25, 0.3) is 0 Å². The molecule has 0 aliphatic heterocycles. The molecule has 0 aromatic rings. The largest absolute Gasteiger partial charge is 0.479 e. The van der Waals surface area contributed by atoms with Crippen LogP contribution < -0.4 is 0 Å². The lowest BCUT2D eigenvalue weighted by Crippen LogP contribution is -2.54. The second kappa shape index (κ2) is 7.09. The number of ketones is 1. The highest BCUT2D eigenvalue weighted by atomic mass is 16.4. The zero-order chi connectivity index (χ0) is 20.3. The zero-order valence-corrected chi connectivity index (χ0v) is 17.3. The molecule has 0 heterocycles. The fourth-order valence-electron chi connectivity index (χ4n) is 8.18. The second-order valence-corrected chi connectivity index (χ2v) is 10.8. The molecule has 4 rings (SSSR count). The summed E-state index contributed by atoms with van der Waals surface area (Å²) >= 11 is 0. The van der Waals surface area contributed by atoms with E-state index in [0.29, 0.717) is 29.1 Å². The molecule has 3 N–H and O–H groups in total. The average molecular weight is 393 g/mol. The van der Waals surface area contributed by atoms with Crippen molar-refractivity contribution < 1.29 is 24.9 Å². The molecule has 28 heavy (non-hydrogen) atoms. The smallest absolute Gasteiger partial charge is 0.332 e. The molecule has 1 unspecified atom stereocenters. The molecule has 0 radical (unpaired) electrons. The monoisotopic (exact) mass is 392 g/mol. The number of Topliss-reactive ketones (excluding diaryl/α,β-unsaturated/α-hetero) is 1. The number of rotatable bonds is 4. The Kier molecular flexibility index (Phi) is 5.15. The molecule has 4 aliphatic rings. The number of carboxylic acids is 1. The molecule has 5 nitrogen and oxygen atoms in total. The lowest BCUT2D eigenvalue weighted by Gasteiger charge is -2.60. The summed E-state index contributed by atoms with van der Waals surface area (Å²) < 4.78 is 0. The van der Waals surface area contributed by atoms with Crippen LogP contribution in [-0.4, -0.2) is 39.3 Å². The molecular weight excluding hydrogens is 356 g/mol. The van der Waals surface area contributed by atoms with Gasteiger partial charge in [-0.05, 0) is 92.3 Å². The van der Waals surface area contributed by atoms with E-state index in [-0.39, 0.29) is 29.6 Å². The third-order valence-corrected chi connectivity index (χ3v) is 9.71. The normalized spacial score (nSPS) is 48.9. The fraction of sp³-hybridized carbons (Fsp3) is 0.913. The Morgan fingerprint density at radius 2 is 1.64 bits per heavy atom. The van der Waals surface area contributed by atoms with Gasteiger partial charge in [0.05, 0.1) is 6.10 Å². The Labute approximate surface area is 167 Å². The third kappa shape index (κ3) is 3.04. The average Bonchev–Trinajstić information content (AvgIpc) is 2.99. The molecule has 0 bridgehead atoms. The summed E-state index contributed by atoms with van der Waals surface area (Å²) in [6.45, 7) is 4.72. The van der Waals surface area contributed by atoms with Crippen LogP contribution in [0.5, 0.6) is 0 Å². The Morgan fingerprint density at radius 3 is 2.36 bits per heavy atom. The summed E-state index contributed by atoms with van der Waals surface area (Å²) in [6, 6.07) is 0. The van der Waals surface area contributed by atoms with Crippen molar-refractivity contribution >= 4 is 11.8 Å². The number of carbonyl (C=O) groups excluding carboxylic acids is 1. The van der Waals surface area contributed by atoms with Crippen LogP contribution >= 0.6 is 0 Å². The van der Waals surface area contributed by atoms with Gasteiger partial charge in [0.15, 0.2) is 6.10 Å². The minimum Gasteiger partial charge on any atom is -0.479 e. The molecular formula is C23H36O5. The minimum absolute atomic E-state index is 0.0478. The lowest BCUT2D eigenvalue weighted by molar-refractivity contribution is -0.151. The Bertz CT molecular complexity index is 647. The maximum absolute atomic E-state index is 12.9. The summed E-state index contributed by atoms with van der Waals surface area (Å²) in [7, 11) is 0. The van der Waals surface area contributed by atoms with Gasteiger partial charge in [0, 0.05) is 12.3 Å². The molecule has 0 aromatic heterocycles. The number of hydrogen-bond acceptors (Lipinski definition) is 4. The topological polar surface area (TPSA) is 94.8 Å². The van der Waals surface area contributed by atoms with E-state index in [4.69, 9.17) is 5.11 Å². The van der Waals surface area contributed by atoms with Crippen molar-refractivity contribution in [2.45, 2.75) is 90.3 Å². The SMILES string of the molecule is C[C@]12CC[C@H](O)C[C@@H]1CC[C@@H]1[C@@H]2CC[C@]2(C)[C@@H](C(=O)CC(O)C(=O)O)CC[C@@H]12. The van der Waals surface area contributed by atoms with Crippen molar-refractivity contribution in [3.63, 3.8) is 0 Å². The van der Waals surface area contributed by atoms with E-state index < -0.39 is 12.1 Å². The van der Waals surface area contributed by atoms with Crippen LogP contribution in [0.4, 0.5) is 0 Å². The number of carboxylic acid groups (broad SMARTS) is 1. The highest BCUT2D eigenvalue weighted by Gasteiger charge is 2.61. The van der Waals surface area contributed by atoms with Gasteiger partial charge in [-0.25, -0.2) is 4.79 Å². The maximum atomic E-state index is 12.9. The molecule has 5 heteroatoms. The van der Waals surface area contributed by atoms with E-state index in [1.165, 1.54) is 12.8 Å². The van der Waals surface area contributed by atoms with E-state index >= 15 is 0 Å². The molecule has 9 atom stereocenters. The lowest BCUT2D eigenvalue weighted by atomic mass is 9.44. The van der Waals surface area contributed by atoms with E-state index in [0.717, 1.165) is 44.9 Å². The van der Waals surface area contributed by atoms with Gasteiger partial charge in [0.1, 0.15) is 5.78 Å². The van der Waals surface area contributed by atoms with Crippen LogP contribution in [0, 0.1) is 40.4 Å². The van der Waals surface area contributed by atoms with Crippen LogP contribution in [0.1, 0.15) is 78.1 Å². The number of aliphatic hydroxyl groups is 2. The van der Waals surface area contributed by atoms with Crippen LogP contribution in [0.3, 0.4) is 0 Å². The number of hydrogen-bond donors (Lipinski definition) is 3. The van der Waals surface area contributed by atoms with Crippen LogP contribution in [0.25, 0.3) is 0 Å². The first-order valence-corrected chi connectivity index (χ1v) is 11.3. The molecule has 0 spiro atoms. The fourth-order valence-corrected chi connectivity index (χ4v) is 8.18. The van der Waals surface area contributed by atoms with Gasteiger partial charge < -0.3 is 15.3 Å². The Balaban J connectivity index is 1.52. The first kappa shape index (κ1) is 20.3. The van der Waals surface area contributed by atoms with E-state index in [1.807, 2.05) is 0 Å². The molecule has 4 aliphatic carbocycles. The number of carbonyl (C=O) groups is 2. The van der Waals surface area contributed by atoms with E-state index in [1.54, 1.807) is 0 Å². The van der Waals surface area contributed by atoms with E-state index in [9.17, 15) is 19.8 Å². The third-order valence-electron chi connectivity index (χ3n) is 9.71. The summed E-state index contributed by atoms with van der Waals surface area (Å²) in [5.41, 5.74) is 0.277. The molecule has 158 valence electrons. The van der Waals surface area contributed by atoms with Gasteiger partial charge in [-0.1, -0.05) is 13.8 Å². The van der Waals surface area contributed by atoms with Crippen molar-refractivity contribution in [3.8, 4) is 0 Å². The van der Waals surface area contributed by atoms with E-state index in [2.05, 4.69) is 13.8 Å². The second-order valence-electron chi connectivity index (χ2n) is 10.8. The van der Waals surface area contributed by atoms with Crippen molar-refractivity contribution in [1.29, 1.82) is 0 Å². The van der Waals surface area contributed by atoms with Crippen LogP contribution in [-0.2, 0) is 9.59 Å². The summed E-state index contributed by atoms with van der Waals surface area (Å²) in [6.07, 6.45) is 7.51. The number of aliphatic carboxylic acids is 1. The predicted molar refractivity (Wildman–Crippen MR) is 104 cm³/mol. The Morgan fingerprint density at radius 1 is 0.964 bits per heavy atom.